The van der Waals surface area contributed by atoms with Gasteiger partial charge in [-0.1, -0.05) is 26.0 Å². The maximum atomic E-state index is 12.7. The van der Waals surface area contributed by atoms with Crippen molar-refractivity contribution in [3.8, 4) is 22.6 Å². The highest BCUT2D eigenvalue weighted by molar-refractivity contribution is 5.95. The fraction of sp³-hybridized carbons (Fsp3) is 0.125. The molecule has 1 aliphatic carbocycles. The van der Waals surface area contributed by atoms with Crippen LogP contribution < -0.4 is 9.47 Å². The third-order valence-corrected chi connectivity index (χ3v) is 6.95. The molecule has 4 aromatic rings. The van der Waals surface area contributed by atoms with E-state index in [4.69, 9.17) is 14.6 Å². The maximum Gasteiger partial charge on any atom is 0.343 e. The summed E-state index contributed by atoms with van der Waals surface area (Å²) in [6, 6.07) is 22.4. The molecule has 0 heterocycles. The van der Waals surface area contributed by atoms with Crippen molar-refractivity contribution in [2.24, 2.45) is 0 Å². The predicted octanol–water partition coefficient (Wildman–Crippen LogP) is 5.92. The van der Waals surface area contributed by atoms with E-state index in [9.17, 15) is 19.2 Å². The van der Waals surface area contributed by atoms with E-state index in [0.717, 1.165) is 22.3 Å². The Morgan fingerprint density at radius 2 is 0.950 bits per heavy atom. The topological polar surface area (TPSA) is 116 Å². The number of carbonyl (C=O) groups excluding carboxylic acids is 3. The van der Waals surface area contributed by atoms with Gasteiger partial charge in [0.1, 0.15) is 11.5 Å². The Labute approximate surface area is 229 Å². The number of esters is 3. The second-order valence-corrected chi connectivity index (χ2v) is 9.77. The third-order valence-electron chi connectivity index (χ3n) is 6.95. The van der Waals surface area contributed by atoms with Gasteiger partial charge < -0.3 is 19.3 Å². The predicted molar refractivity (Wildman–Crippen MR) is 145 cm³/mol. The zero-order valence-electron chi connectivity index (χ0n) is 21.9. The van der Waals surface area contributed by atoms with Crippen LogP contribution in [0.5, 0.6) is 11.5 Å². The van der Waals surface area contributed by atoms with Gasteiger partial charge >= 0.3 is 23.9 Å². The largest absolute Gasteiger partial charge is 0.478 e. The number of methoxy groups -OCH3 is 1. The van der Waals surface area contributed by atoms with E-state index >= 15 is 0 Å². The summed E-state index contributed by atoms with van der Waals surface area (Å²) in [5.74, 6) is -2.00. The number of hydrogen-bond donors (Lipinski definition) is 1. The number of aromatic carboxylic acids is 1. The first-order chi connectivity index (χ1) is 19.1. The van der Waals surface area contributed by atoms with Crippen LogP contribution >= 0.6 is 0 Å². The highest BCUT2D eigenvalue weighted by atomic mass is 16.5. The zero-order chi connectivity index (χ0) is 28.6. The van der Waals surface area contributed by atoms with Crippen molar-refractivity contribution in [1.82, 2.24) is 0 Å². The monoisotopic (exact) mass is 536 g/mol. The van der Waals surface area contributed by atoms with Gasteiger partial charge in [0, 0.05) is 5.41 Å². The molecule has 0 unspecified atom stereocenters. The van der Waals surface area contributed by atoms with Crippen molar-refractivity contribution in [1.29, 1.82) is 0 Å². The molecule has 5 rings (SSSR count). The van der Waals surface area contributed by atoms with E-state index in [0.29, 0.717) is 22.6 Å². The molecule has 0 saturated heterocycles. The highest BCUT2D eigenvalue weighted by Crippen LogP contribution is 2.50. The summed E-state index contributed by atoms with van der Waals surface area (Å²) >= 11 is 0. The number of carbonyl (C=O) groups is 4. The summed E-state index contributed by atoms with van der Waals surface area (Å²) in [5, 5.41) is 9.05. The van der Waals surface area contributed by atoms with Crippen LogP contribution in [0.2, 0.25) is 0 Å². The van der Waals surface area contributed by atoms with Gasteiger partial charge in [0.15, 0.2) is 0 Å². The Morgan fingerprint density at radius 3 is 1.32 bits per heavy atom. The van der Waals surface area contributed by atoms with Crippen LogP contribution in [0, 0.1) is 0 Å². The quantitative estimate of drug-likeness (QED) is 0.239. The van der Waals surface area contributed by atoms with Crippen LogP contribution in [-0.2, 0) is 10.2 Å². The molecule has 4 aromatic carbocycles. The first kappa shape index (κ1) is 26.4. The Bertz CT molecular complexity index is 1660. The summed E-state index contributed by atoms with van der Waals surface area (Å²) < 4.78 is 15.9. The molecule has 0 aliphatic heterocycles. The Kier molecular flexibility index (Phi) is 6.69. The highest BCUT2D eigenvalue weighted by Gasteiger charge is 2.36. The van der Waals surface area contributed by atoms with Gasteiger partial charge in [0.05, 0.1) is 29.4 Å². The van der Waals surface area contributed by atoms with Crippen LogP contribution in [0.25, 0.3) is 11.1 Å². The Morgan fingerprint density at radius 1 is 0.575 bits per heavy atom. The molecule has 0 amide bonds. The number of hydrogen-bond acceptors (Lipinski definition) is 7. The van der Waals surface area contributed by atoms with E-state index in [1.54, 1.807) is 12.1 Å². The van der Waals surface area contributed by atoms with Crippen LogP contribution in [0.4, 0.5) is 0 Å². The summed E-state index contributed by atoms with van der Waals surface area (Å²) in [6.45, 7) is 4.07. The number of carboxylic acid groups (broad SMARTS) is 1. The van der Waals surface area contributed by atoms with Gasteiger partial charge in [-0.15, -0.1) is 0 Å². The molecule has 8 heteroatoms. The molecule has 0 aromatic heterocycles. The zero-order valence-corrected chi connectivity index (χ0v) is 21.9. The lowest BCUT2D eigenvalue weighted by molar-refractivity contribution is 0.0598. The first-order valence-electron chi connectivity index (χ1n) is 12.3. The minimum absolute atomic E-state index is 0.0788. The summed E-state index contributed by atoms with van der Waals surface area (Å²) in [6.07, 6.45) is 0. The van der Waals surface area contributed by atoms with Crippen LogP contribution in [-0.4, -0.2) is 36.1 Å². The van der Waals surface area contributed by atoms with Gasteiger partial charge in [0.2, 0.25) is 0 Å². The van der Waals surface area contributed by atoms with Crippen molar-refractivity contribution >= 4 is 23.9 Å². The average molecular weight is 537 g/mol. The standard InChI is InChI=1S/C32H24O8/c1-32(2)26-16-22(39-30(36)20-6-4-18(5-7-20)28(33)34)12-14-24(26)25-15-13-23(17-27(25)32)40-31(37)21-10-8-19(9-11-21)29(35)38-3/h4-17H,1-3H3,(H,33,34). The SMILES string of the molecule is COC(=O)c1ccc(C(=O)Oc2ccc3c(c2)C(C)(C)c2cc(OC(=O)c4ccc(C(=O)O)cc4)ccc2-3)cc1. The van der Waals surface area contributed by atoms with Crippen molar-refractivity contribution in [2.45, 2.75) is 19.3 Å². The Hall–Kier alpha value is -5.24. The molecular weight excluding hydrogens is 512 g/mol. The molecular formula is C32H24O8. The summed E-state index contributed by atoms with van der Waals surface area (Å²) in [7, 11) is 1.29. The molecule has 1 aliphatic rings. The van der Waals surface area contributed by atoms with Gasteiger partial charge in [0.25, 0.3) is 0 Å². The van der Waals surface area contributed by atoms with Gasteiger partial charge in [-0.2, -0.15) is 0 Å². The van der Waals surface area contributed by atoms with E-state index in [-0.39, 0.29) is 11.1 Å². The van der Waals surface area contributed by atoms with Gasteiger partial charge in [-0.3, -0.25) is 0 Å². The molecule has 1 N–H and O–H groups in total. The lowest BCUT2D eigenvalue weighted by atomic mass is 9.82. The van der Waals surface area contributed by atoms with Crippen LogP contribution in [0.3, 0.4) is 0 Å². The minimum Gasteiger partial charge on any atom is -0.478 e. The molecule has 0 fully saturated rings. The van der Waals surface area contributed by atoms with E-state index in [1.165, 1.54) is 55.6 Å². The first-order valence-corrected chi connectivity index (χ1v) is 12.3. The number of fused-ring (bicyclic) bond motifs is 3. The van der Waals surface area contributed by atoms with Crippen LogP contribution in [0.1, 0.15) is 66.4 Å². The lowest BCUT2D eigenvalue weighted by Gasteiger charge is -2.22. The van der Waals surface area contributed by atoms with Crippen molar-refractivity contribution in [3.05, 3.63) is 118 Å². The molecule has 200 valence electrons. The molecule has 0 radical (unpaired) electrons. The van der Waals surface area contributed by atoms with Crippen molar-refractivity contribution in [2.75, 3.05) is 7.11 Å². The minimum atomic E-state index is -1.08. The fourth-order valence-corrected chi connectivity index (χ4v) is 4.76. The molecule has 0 bridgehead atoms. The van der Waals surface area contributed by atoms with E-state index < -0.39 is 29.3 Å². The molecule has 0 atom stereocenters. The number of rotatable bonds is 6. The smallest absolute Gasteiger partial charge is 0.343 e. The van der Waals surface area contributed by atoms with Gasteiger partial charge in [-0.05, 0) is 95.1 Å². The summed E-state index contributed by atoms with van der Waals surface area (Å²) in [4.78, 5) is 48.1. The molecule has 0 saturated carbocycles. The Balaban J connectivity index is 1.34. The normalized spacial score (nSPS) is 12.6. The number of benzene rings is 4. The summed E-state index contributed by atoms with van der Waals surface area (Å²) in [5.41, 5.74) is 4.29. The fourth-order valence-electron chi connectivity index (χ4n) is 4.76. The maximum absolute atomic E-state index is 12.7. The van der Waals surface area contributed by atoms with Crippen molar-refractivity contribution < 1.29 is 38.5 Å². The molecule has 8 nitrogen and oxygen atoms in total. The van der Waals surface area contributed by atoms with Gasteiger partial charge in [-0.25, -0.2) is 19.2 Å². The molecule has 0 spiro atoms. The van der Waals surface area contributed by atoms with E-state index in [2.05, 4.69) is 4.74 Å². The number of ether oxygens (including phenoxy) is 3. The lowest BCUT2D eigenvalue weighted by Crippen LogP contribution is -2.16. The van der Waals surface area contributed by atoms with Crippen LogP contribution in [0.15, 0.2) is 84.9 Å². The second kappa shape index (κ2) is 10.1. The van der Waals surface area contributed by atoms with E-state index in [1.807, 2.05) is 38.1 Å². The third kappa shape index (κ3) is 4.82. The molecule has 40 heavy (non-hydrogen) atoms. The number of carboxylic acids is 1. The average Bonchev–Trinajstić information content (AvgIpc) is 3.18. The van der Waals surface area contributed by atoms with Crippen molar-refractivity contribution in [3.63, 3.8) is 0 Å². The second-order valence-electron chi connectivity index (χ2n) is 9.77.